The van der Waals surface area contributed by atoms with E-state index in [2.05, 4.69) is 0 Å². The van der Waals surface area contributed by atoms with Crippen molar-refractivity contribution in [2.75, 3.05) is 0 Å². The van der Waals surface area contributed by atoms with E-state index in [0.717, 1.165) is 12.1 Å². The average molecular weight is 348 g/mol. The summed E-state index contributed by atoms with van der Waals surface area (Å²) >= 11 is 0. The third-order valence-electron chi connectivity index (χ3n) is 4.34. The maximum atomic E-state index is 12.5. The first-order valence-electron chi connectivity index (χ1n) is 7.34. The Morgan fingerprint density at radius 2 is 1.44 bits per heavy atom. The molecule has 0 amide bonds. The summed E-state index contributed by atoms with van der Waals surface area (Å²) in [6, 6.07) is 2.06. The molecule has 25 heavy (non-hydrogen) atoms. The molecular weight excluding hydrogens is 332 g/mol. The summed E-state index contributed by atoms with van der Waals surface area (Å²) in [6.45, 7) is 2.90. The molecule has 2 atom stereocenters. The van der Waals surface area contributed by atoms with Gasteiger partial charge in [-0.25, -0.2) is 0 Å². The largest absolute Gasteiger partial charge is 0.507 e. The number of phenolic OH excluding ortho intramolecular Hbond substituents is 5. The maximum Gasteiger partial charge on any atom is 0.202 e. The summed E-state index contributed by atoms with van der Waals surface area (Å²) in [5, 5.41) is 59.1. The predicted molar refractivity (Wildman–Crippen MR) is 84.4 cm³/mol. The molecule has 8 heteroatoms. The van der Waals surface area contributed by atoms with Crippen molar-refractivity contribution < 1.29 is 40.2 Å². The standard InChI is InChI=1S/C17H16O8/c1-5-11(20)6(2)16-10(12(5)21)14(23)15(24)17(25-16)7-3-8(18)13(22)9(19)4-7/h3-4,15,17-22,24H,1-2H3/t15-,17-/m1/s1. The van der Waals surface area contributed by atoms with Gasteiger partial charge >= 0.3 is 0 Å². The lowest BCUT2D eigenvalue weighted by molar-refractivity contribution is 0.0205. The first-order valence-corrected chi connectivity index (χ1v) is 7.34. The third-order valence-corrected chi connectivity index (χ3v) is 4.34. The fourth-order valence-corrected chi connectivity index (χ4v) is 2.88. The van der Waals surface area contributed by atoms with Gasteiger partial charge in [-0.05, 0) is 26.0 Å². The number of rotatable bonds is 1. The van der Waals surface area contributed by atoms with Crippen LogP contribution in [0.3, 0.4) is 0 Å². The first-order chi connectivity index (χ1) is 11.6. The van der Waals surface area contributed by atoms with Crippen LogP contribution in [0, 0.1) is 13.8 Å². The SMILES string of the molecule is Cc1c(O)c(C)c2c(c1O)C(=O)[C@@H](O)[C@@H](c1cc(O)c(O)c(O)c1)O2. The quantitative estimate of drug-likeness (QED) is 0.425. The fraction of sp³-hybridized carbons (Fsp3) is 0.235. The predicted octanol–water partition coefficient (Wildman–Crippen LogP) is 1.51. The van der Waals surface area contributed by atoms with Crippen molar-refractivity contribution in [3.63, 3.8) is 0 Å². The molecular formula is C17H16O8. The van der Waals surface area contributed by atoms with Crippen molar-refractivity contribution in [3.05, 3.63) is 34.4 Å². The molecule has 6 N–H and O–H groups in total. The van der Waals surface area contributed by atoms with Crippen LogP contribution in [0.4, 0.5) is 0 Å². The van der Waals surface area contributed by atoms with Crippen molar-refractivity contribution in [2.24, 2.45) is 0 Å². The van der Waals surface area contributed by atoms with Crippen LogP contribution in [0.1, 0.15) is 33.2 Å². The van der Waals surface area contributed by atoms with Crippen molar-refractivity contribution in [1.82, 2.24) is 0 Å². The highest BCUT2D eigenvalue weighted by molar-refractivity contribution is 6.06. The van der Waals surface area contributed by atoms with Crippen LogP contribution in [-0.4, -0.2) is 42.5 Å². The topological polar surface area (TPSA) is 148 Å². The molecule has 0 spiro atoms. The summed E-state index contributed by atoms with van der Waals surface area (Å²) in [5.41, 5.74) is 0.0589. The number of ketones is 1. The number of fused-ring (bicyclic) bond motifs is 1. The van der Waals surface area contributed by atoms with Gasteiger partial charge in [0.15, 0.2) is 29.5 Å². The number of aliphatic hydroxyl groups is 1. The van der Waals surface area contributed by atoms with Crippen LogP contribution in [0.15, 0.2) is 12.1 Å². The Balaban J connectivity index is 2.19. The van der Waals surface area contributed by atoms with Gasteiger partial charge < -0.3 is 35.4 Å². The molecule has 0 bridgehead atoms. The molecule has 2 aromatic carbocycles. The second-order valence-corrected chi connectivity index (χ2v) is 5.91. The number of phenols is 5. The number of aliphatic hydroxyl groups excluding tert-OH is 1. The Labute approximate surface area is 141 Å². The molecule has 0 saturated carbocycles. The first kappa shape index (κ1) is 16.7. The highest BCUT2D eigenvalue weighted by Crippen LogP contribution is 2.48. The average Bonchev–Trinajstić information content (AvgIpc) is 2.57. The number of ether oxygens (including phenoxy) is 1. The van der Waals surface area contributed by atoms with Crippen LogP contribution in [-0.2, 0) is 0 Å². The number of aromatic hydroxyl groups is 5. The molecule has 8 nitrogen and oxygen atoms in total. The summed E-state index contributed by atoms with van der Waals surface area (Å²) in [6.07, 6.45) is -3.05. The molecule has 1 heterocycles. The molecule has 3 rings (SSSR count). The molecule has 0 aromatic heterocycles. The molecule has 2 aromatic rings. The summed E-state index contributed by atoms with van der Waals surface area (Å²) < 4.78 is 5.60. The number of carbonyl (C=O) groups excluding carboxylic acids is 1. The van der Waals surface area contributed by atoms with E-state index in [1.165, 1.54) is 13.8 Å². The van der Waals surface area contributed by atoms with Gasteiger partial charge in [-0.2, -0.15) is 0 Å². The lowest BCUT2D eigenvalue weighted by Gasteiger charge is -2.32. The van der Waals surface area contributed by atoms with Crippen LogP contribution in [0.2, 0.25) is 0 Å². The second kappa shape index (κ2) is 5.45. The minimum Gasteiger partial charge on any atom is -0.507 e. The highest BCUT2D eigenvalue weighted by atomic mass is 16.5. The van der Waals surface area contributed by atoms with E-state index in [0.29, 0.717) is 0 Å². The van der Waals surface area contributed by atoms with Crippen molar-refractivity contribution in [2.45, 2.75) is 26.1 Å². The fourth-order valence-electron chi connectivity index (χ4n) is 2.88. The van der Waals surface area contributed by atoms with E-state index in [1.54, 1.807) is 0 Å². The molecule has 0 unspecified atom stereocenters. The van der Waals surface area contributed by atoms with Crippen LogP contribution >= 0.6 is 0 Å². The van der Waals surface area contributed by atoms with Gasteiger partial charge in [0.2, 0.25) is 5.78 Å². The number of carbonyl (C=O) groups is 1. The van der Waals surface area contributed by atoms with Gasteiger partial charge in [-0.3, -0.25) is 4.79 Å². The van der Waals surface area contributed by atoms with Gasteiger partial charge in [0.1, 0.15) is 22.8 Å². The number of Topliss-reactive ketones (excluding diaryl/α,β-unsaturated/α-hetero) is 1. The Morgan fingerprint density at radius 3 is 2.00 bits per heavy atom. The monoisotopic (exact) mass is 348 g/mol. The van der Waals surface area contributed by atoms with Gasteiger partial charge in [0.25, 0.3) is 0 Å². The van der Waals surface area contributed by atoms with Crippen LogP contribution < -0.4 is 4.74 Å². The minimum absolute atomic E-state index is 0.0262. The van der Waals surface area contributed by atoms with Crippen LogP contribution in [0.25, 0.3) is 0 Å². The van der Waals surface area contributed by atoms with Crippen molar-refractivity contribution in [1.29, 1.82) is 0 Å². The molecule has 1 aliphatic rings. The van der Waals surface area contributed by atoms with E-state index >= 15 is 0 Å². The summed E-state index contributed by atoms with van der Waals surface area (Å²) in [4.78, 5) is 12.5. The molecule has 0 radical (unpaired) electrons. The highest BCUT2D eigenvalue weighted by Gasteiger charge is 2.41. The molecule has 132 valence electrons. The lowest BCUT2D eigenvalue weighted by atomic mass is 9.89. The molecule has 0 fully saturated rings. The number of hydrogen-bond donors (Lipinski definition) is 6. The third kappa shape index (κ3) is 2.30. The van der Waals surface area contributed by atoms with E-state index in [1.807, 2.05) is 0 Å². The van der Waals surface area contributed by atoms with E-state index in [4.69, 9.17) is 4.74 Å². The summed E-state index contributed by atoms with van der Waals surface area (Å²) in [7, 11) is 0. The zero-order valence-electron chi connectivity index (χ0n) is 13.3. The Bertz CT molecular complexity index is 879. The Kier molecular flexibility index (Phi) is 3.65. The zero-order chi connectivity index (χ0) is 18.6. The van der Waals surface area contributed by atoms with Gasteiger partial charge in [-0.15, -0.1) is 0 Å². The normalized spacial score (nSPS) is 19.4. The van der Waals surface area contributed by atoms with Gasteiger partial charge in [0.05, 0.1) is 0 Å². The Morgan fingerprint density at radius 1 is 0.880 bits per heavy atom. The minimum atomic E-state index is -1.73. The second-order valence-electron chi connectivity index (χ2n) is 5.91. The van der Waals surface area contributed by atoms with Crippen LogP contribution in [0.5, 0.6) is 34.5 Å². The number of benzene rings is 2. The Hall–Kier alpha value is -3.13. The maximum absolute atomic E-state index is 12.5. The molecule has 1 aliphatic heterocycles. The number of hydrogen-bond acceptors (Lipinski definition) is 8. The van der Waals surface area contributed by atoms with Crippen molar-refractivity contribution >= 4 is 5.78 Å². The summed E-state index contributed by atoms with van der Waals surface area (Å²) in [5.74, 6) is -3.74. The van der Waals surface area contributed by atoms with Gasteiger partial charge in [-0.1, -0.05) is 0 Å². The molecule has 0 saturated heterocycles. The van der Waals surface area contributed by atoms with Crippen molar-refractivity contribution in [3.8, 4) is 34.5 Å². The van der Waals surface area contributed by atoms with E-state index < -0.39 is 41.0 Å². The molecule has 0 aliphatic carbocycles. The smallest absolute Gasteiger partial charge is 0.202 e. The zero-order valence-corrected chi connectivity index (χ0v) is 13.3. The van der Waals surface area contributed by atoms with E-state index in [9.17, 15) is 35.4 Å². The van der Waals surface area contributed by atoms with E-state index in [-0.39, 0.29) is 33.8 Å². The van der Waals surface area contributed by atoms with Gasteiger partial charge in [0, 0.05) is 16.7 Å². The lowest BCUT2D eigenvalue weighted by Crippen LogP contribution is -2.36.